The average molecular weight is 341 g/mol. The predicted molar refractivity (Wildman–Crippen MR) is 98.9 cm³/mol. The molecule has 5 nitrogen and oxygen atoms in total. The van der Waals surface area contributed by atoms with Crippen molar-refractivity contribution < 1.29 is 9.90 Å². The molecule has 1 heterocycles. The van der Waals surface area contributed by atoms with E-state index < -0.39 is 5.41 Å². The summed E-state index contributed by atoms with van der Waals surface area (Å²) in [5.74, 6) is -0.0795. The van der Waals surface area contributed by atoms with Gasteiger partial charge in [-0.15, -0.1) is 0 Å². The number of aliphatic hydroxyl groups excluding tert-OH is 1. The third-order valence-electron chi connectivity index (χ3n) is 4.25. The number of aryl methyl sites for hydroxylation is 1. The van der Waals surface area contributed by atoms with Crippen LogP contribution in [0.1, 0.15) is 36.6 Å². The lowest BCUT2D eigenvalue weighted by Gasteiger charge is -2.33. The van der Waals surface area contributed by atoms with Gasteiger partial charge in [-0.3, -0.25) is 9.78 Å². The maximum Gasteiger partial charge on any atom is 0.234 e. The standard InChI is InChI=1S/C20H27N3O2/c1-15-6-4-7-16(10-15)11-22-18(25)13-23-19(20(2,3)14-24)17-8-5-9-21-12-17/h4-10,12,19,23-24H,11,13-14H2,1-3H3,(H,22,25)/t19-/m1/s1. The largest absolute Gasteiger partial charge is 0.396 e. The van der Waals surface area contributed by atoms with Gasteiger partial charge in [0.05, 0.1) is 6.54 Å². The number of hydrogen-bond donors (Lipinski definition) is 3. The number of carbonyl (C=O) groups is 1. The summed E-state index contributed by atoms with van der Waals surface area (Å²) in [6.45, 7) is 6.63. The van der Waals surface area contributed by atoms with Crippen LogP contribution in [-0.2, 0) is 11.3 Å². The molecule has 5 heteroatoms. The smallest absolute Gasteiger partial charge is 0.234 e. The number of rotatable bonds is 8. The van der Waals surface area contributed by atoms with Crippen LogP contribution < -0.4 is 10.6 Å². The fourth-order valence-corrected chi connectivity index (χ4v) is 2.76. The van der Waals surface area contributed by atoms with E-state index in [1.165, 1.54) is 5.56 Å². The van der Waals surface area contributed by atoms with Crippen LogP contribution in [0.2, 0.25) is 0 Å². The fourth-order valence-electron chi connectivity index (χ4n) is 2.76. The number of hydrogen-bond acceptors (Lipinski definition) is 4. The van der Waals surface area contributed by atoms with E-state index in [0.717, 1.165) is 11.1 Å². The van der Waals surface area contributed by atoms with Crippen LogP contribution in [0.25, 0.3) is 0 Å². The second-order valence-electron chi connectivity index (χ2n) is 7.01. The van der Waals surface area contributed by atoms with Gasteiger partial charge in [0.1, 0.15) is 0 Å². The maximum absolute atomic E-state index is 12.2. The molecule has 0 saturated carbocycles. The zero-order valence-electron chi connectivity index (χ0n) is 15.1. The van der Waals surface area contributed by atoms with Crippen molar-refractivity contribution in [2.45, 2.75) is 33.4 Å². The lowest BCUT2D eigenvalue weighted by Crippen LogP contribution is -2.42. The molecule has 0 saturated heterocycles. The summed E-state index contributed by atoms with van der Waals surface area (Å²) in [5.41, 5.74) is 2.78. The second kappa shape index (κ2) is 8.74. The lowest BCUT2D eigenvalue weighted by atomic mass is 9.81. The van der Waals surface area contributed by atoms with E-state index in [4.69, 9.17) is 0 Å². The van der Waals surface area contributed by atoms with Crippen molar-refractivity contribution in [1.29, 1.82) is 0 Å². The van der Waals surface area contributed by atoms with E-state index in [1.807, 2.05) is 51.1 Å². The normalized spacial score (nSPS) is 12.6. The number of nitrogens with zero attached hydrogens (tertiary/aromatic N) is 1. The Kier molecular flexibility index (Phi) is 6.67. The quantitative estimate of drug-likeness (QED) is 0.689. The van der Waals surface area contributed by atoms with Crippen molar-refractivity contribution in [2.75, 3.05) is 13.2 Å². The summed E-state index contributed by atoms with van der Waals surface area (Å²) in [6, 6.07) is 11.7. The Morgan fingerprint density at radius 3 is 2.72 bits per heavy atom. The molecule has 134 valence electrons. The monoisotopic (exact) mass is 341 g/mol. The molecule has 1 aromatic heterocycles. The van der Waals surface area contributed by atoms with Gasteiger partial charge in [-0.2, -0.15) is 0 Å². The second-order valence-corrected chi connectivity index (χ2v) is 7.01. The first-order valence-electron chi connectivity index (χ1n) is 8.49. The van der Waals surface area contributed by atoms with Crippen LogP contribution >= 0.6 is 0 Å². The zero-order chi connectivity index (χ0) is 18.3. The van der Waals surface area contributed by atoms with Gasteiger partial charge in [-0.1, -0.05) is 49.7 Å². The van der Waals surface area contributed by atoms with Gasteiger partial charge in [0.2, 0.25) is 5.91 Å². The Morgan fingerprint density at radius 1 is 1.28 bits per heavy atom. The van der Waals surface area contributed by atoms with E-state index in [2.05, 4.69) is 21.7 Å². The summed E-state index contributed by atoms with van der Waals surface area (Å²) >= 11 is 0. The molecule has 0 aliphatic rings. The molecule has 0 fully saturated rings. The number of aromatic nitrogens is 1. The molecule has 0 aliphatic heterocycles. The van der Waals surface area contributed by atoms with E-state index >= 15 is 0 Å². The molecular formula is C20H27N3O2. The molecule has 0 spiro atoms. The highest BCUT2D eigenvalue weighted by molar-refractivity contribution is 5.78. The molecule has 25 heavy (non-hydrogen) atoms. The van der Waals surface area contributed by atoms with Gasteiger partial charge in [0.15, 0.2) is 0 Å². The van der Waals surface area contributed by atoms with Gasteiger partial charge in [0, 0.05) is 37.0 Å². The minimum atomic E-state index is -0.417. The third kappa shape index (κ3) is 5.66. The van der Waals surface area contributed by atoms with E-state index in [-0.39, 0.29) is 25.1 Å². The minimum Gasteiger partial charge on any atom is -0.396 e. The van der Waals surface area contributed by atoms with Crippen LogP contribution in [0.5, 0.6) is 0 Å². The highest BCUT2D eigenvalue weighted by Crippen LogP contribution is 2.32. The summed E-state index contributed by atoms with van der Waals surface area (Å²) in [7, 11) is 0. The maximum atomic E-state index is 12.2. The van der Waals surface area contributed by atoms with Crippen molar-refractivity contribution in [3.8, 4) is 0 Å². The van der Waals surface area contributed by atoms with Crippen molar-refractivity contribution in [3.63, 3.8) is 0 Å². The Balaban J connectivity index is 1.94. The molecule has 0 radical (unpaired) electrons. The van der Waals surface area contributed by atoms with E-state index in [1.54, 1.807) is 12.4 Å². The molecule has 1 atom stereocenters. The Labute approximate surface area is 149 Å². The molecule has 2 aromatic rings. The van der Waals surface area contributed by atoms with Crippen LogP contribution in [-0.4, -0.2) is 29.1 Å². The van der Waals surface area contributed by atoms with Gasteiger partial charge < -0.3 is 15.7 Å². The zero-order valence-corrected chi connectivity index (χ0v) is 15.1. The van der Waals surface area contributed by atoms with E-state index in [9.17, 15) is 9.90 Å². The molecule has 1 aromatic carbocycles. The SMILES string of the molecule is Cc1cccc(CNC(=O)CN[C@H](c2cccnc2)C(C)(C)CO)c1. The number of aliphatic hydroxyl groups is 1. The number of pyridine rings is 1. The van der Waals surface area contributed by atoms with Crippen molar-refractivity contribution >= 4 is 5.91 Å². The van der Waals surface area contributed by atoms with Crippen LogP contribution in [0.3, 0.4) is 0 Å². The summed E-state index contributed by atoms with van der Waals surface area (Å²) in [4.78, 5) is 16.3. The Morgan fingerprint density at radius 2 is 2.08 bits per heavy atom. The van der Waals surface area contributed by atoms with Gasteiger partial charge in [-0.25, -0.2) is 0 Å². The van der Waals surface area contributed by atoms with Crippen LogP contribution in [0.4, 0.5) is 0 Å². The minimum absolute atomic E-state index is 0.00444. The van der Waals surface area contributed by atoms with Gasteiger partial charge >= 0.3 is 0 Å². The summed E-state index contributed by atoms with van der Waals surface area (Å²) in [5, 5.41) is 15.9. The highest BCUT2D eigenvalue weighted by atomic mass is 16.3. The molecular weight excluding hydrogens is 314 g/mol. The molecule has 0 unspecified atom stereocenters. The average Bonchev–Trinajstić information content (AvgIpc) is 2.61. The molecule has 1 amide bonds. The first-order chi connectivity index (χ1) is 11.9. The summed E-state index contributed by atoms with van der Waals surface area (Å²) < 4.78 is 0. The number of nitrogens with one attached hydrogen (secondary N) is 2. The molecule has 0 aliphatic carbocycles. The topological polar surface area (TPSA) is 74.2 Å². The molecule has 0 bridgehead atoms. The van der Waals surface area contributed by atoms with Crippen LogP contribution in [0, 0.1) is 12.3 Å². The molecule has 2 rings (SSSR count). The van der Waals surface area contributed by atoms with Crippen molar-refractivity contribution in [2.24, 2.45) is 5.41 Å². The van der Waals surface area contributed by atoms with Gasteiger partial charge in [-0.05, 0) is 24.1 Å². The van der Waals surface area contributed by atoms with E-state index in [0.29, 0.717) is 6.54 Å². The Hall–Kier alpha value is -2.24. The third-order valence-corrected chi connectivity index (χ3v) is 4.25. The van der Waals surface area contributed by atoms with Crippen molar-refractivity contribution in [1.82, 2.24) is 15.6 Å². The van der Waals surface area contributed by atoms with Crippen LogP contribution in [0.15, 0.2) is 48.8 Å². The number of benzene rings is 1. The first-order valence-corrected chi connectivity index (χ1v) is 8.49. The lowest BCUT2D eigenvalue weighted by molar-refractivity contribution is -0.120. The first kappa shape index (κ1) is 19.1. The van der Waals surface area contributed by atoms with Crippen molar-refractivity contribution in [3.05, 3.63) is 65.5 Å². The Bertz CT molecular complexity index is 686. The summed E-state index contributed by atoms with van der Waals surface area (Å²) in [6.07, 6.45) is 3.47. The number of carbonyl (C=O) groups excluding carboxylic acids is 1. The van der Waals surface area contributed by atoms with Gasteiger partial charge in [0.25, 0.3) is 0 Å². The molecule has 3 N–H and O–H groups in total. The fraction of sp³-hybridized carbons (Fsp3) is 0.400. The highest BCUT2D eigenvalue weighted by Gasteiger charge is 2.30. The number of amides is 1. The predicted octanol–water partition coefficient (Wildman–Crippen LogP) is 2.36.